The highest BCUT2D eigenvalue weighted by molar-refractivity contribution is 5.79. The molecule has 1 aliphatic rings. The monoisotopic (exact) mass is 249 g/mol. The molecule has 3 nitrogen and oxygen atoms in total. The van der Waals surface area contributed by atoms with Gasteiger partial charge in [0.2, 0.25) is 5.91 Å². The van der Waals surface area contributed by atoms with Crippen LogP contribution in [0, 0.1) is 5.82 Å². The van der Waals surface area contributed by atoms with Crippen molar-refractivity contribution in [2.24, 2.45) is 0 Å². The fraction of sp³-hybridized carbons (Fsp3) is 0.357. The van der Waals surface area contributed by atoms with Crippen LogP contribution in [0.25, 0.3) is 6.08 Å². The van der Waals surface area contributed by atoms with Crippen molar-refractivity contribution < 1.29 is 13.9 Å². The summed E-state index contributed by atoms with van der Waals surface area (Å²) in [5, 5.41) is 0. The molecule has 0 bridgehead atoms. The number of rotatable bonds is 3. The predicted octanol–water partition coefficient (Wildman–Crippen LogP) is 1.87. The summed E-state index contributed by atoms with van der Waals surface area (Å²) < 4.78 is 18.5. The molecule has 1 amide bonds. The number of morpholine rings is 1. The van der Waals surface area contributed by atoms with E-state index in [1.165, 1.54) is 12.1 Å². The van der Waals surface area contributed by atoms with Crippen LogP contribution in [0.1, 0.15) is 11.1 Å². The van der Waals surface area contributed by atoms with Crippen molar-refractivity contribution in [3.8, 4) is 0 Å². The van der Waals surface area contributed by atoms with Crippen LogP contribution in [0.4, 0.5) is 4.39 Å². The van der Waals surface area contributed by atoms with Crippen molar-refractivity contribution in [2.45, 2.75) is 6.42 Å². The zero-order valence-corrected chi connectivity index (χ0v) is 10.2. The molecule has 0 atom stereocenters. The van der Waals surface area contributed by atoms with Crippen molar-refractivity contribution in [1.29, 1.82) is 0 Å². The Kier molecular flexibility index (Phi) is 4.10. The molecule has 1 aromatic rings. The van der Waals surface area contributed by atoms with E-state index in [9.17, 15) is 9.18 Å². The lowest BCUT2D eigenvalue weighted by Gasteiger charge is -2.26. The van der Waals surface area contributed by atoms with E-state index in [4.69, 9.17) is 4.74 Å². The van der Waals surface area contributed by atoms with E-state index in [-0.39, 0.29) is 18.1 Å². The Hall–Kier alpha value is -1.68. The second kappa shape index (κ2) is 5.78. The Bertz CT molecular complexity index is 453. The Morgan fingerprint density at radius 2 is 2.11 bits per heavy atom. The number of nitrogens with zero attached hydrogens (tertiary/aromatic N) is 1. The van der Waals surface area contributed by atoms with Gasteiger partial charge in [-0.1, -0.05) is 18.7 Å². The van der Waals surface area contributed by atoms with Crippen LogP contribution in [0.5, 0.6) is 0 Å². The number of halogens is 1. The van der Waals surface area contributed by atoms with Gasteiger partial charge in [0.25, 0.3) is 0 Å². The quantitative estimate of drug-likeness (QED) is 0.818. The van der Waals surface area contributed by atoms with Gasteiger partial charge in [-0.05, 0) is 23.3 Å². The average Bonchev–Trinajstić information content (AvgIpc) is 2.39. The molecular weight excluding hydrogens is 233 g/mol. The normalized spacial score (nSPS) is 15.5. The lowest BCUT2D eigenvalue weighted by molar-refractivity contribution is -0.134. The van der Waals surface area contributed by atoms with Crippen molar-refractivity contribution in [3.63, 3.8) is 0 Å². The highest BCUT2D eigenvalue weighted by Crippen LogP contribution is 2.12. The SMILES string of the molecule is C=Cc1cc(F)cc(CC(=O)N2CCOCC2)c1. The number of amides is 1. The molecule has 0 radical (unpaired) electrons. The second-order valence-electron chi connectivity index (χ2n) is 4.27. The Morgan fingerprint density at radius 1 is 1.39 bits per heavy atom. The molecule has 1 heterocycles. The van der Waals surface area contributed by atoms with Crippen LogP contribution < -0.4 is 0 Å². The minimum absolute atomic E-state index is 0.0129. The van der Waals surface area contributed by atoms with Crippen molar-refractivity contribution in [2.75, 3.05) is 26.3 Å². The fourth-order valence-corrected chi connectivity index (χ4v) is 1.99. The lowest BCUT2D eigenvalue weighted by atomic mass is 10.1. The maximum atomic E-state index is 13.3. The van der Waals surface area contributed by atoms with E-state index in [0.29, 0.717) is 37.4 Å². The van der Waals surface area contributed by atoms with E-state index in [2.05, 4.69) is 6.58 Å². The maximum absolute atomic E-state index is 13.3. The molecule has 0 aromatic heterocycles. The molecule has 4 heteroatoms. The molecule has 0 aliphatic carbocycles. The number of ether oxygens (including phenoxy) is 1. The summed E-state index contributed by atoms with van der Waals surface area (Å²) in [6.45, 7) is 5.98. The Balaban J connectivity index is 2.06. The van der Waals surface area contributed by atoms with Crippen LogP contribution in [0.2, 0.25) is 0 Å². The van der Waals surface area contributed by atoms with Crippen molar-refractivity contribution >= 4 is 12.0 Å². The lowest BCUT2D eigenvalue weighted by Crippen LogP contribution is -2.41. The zero-order valence-electron chi connectivity index (χ0n) is 10.2. The van der Waals surface area contributed by atoms with E-state index in [1.807, 2.05) is 0 Å². The summed E-state index contributed by atoms with van der Waals surface area (Å²) >= 11 is 0. The highest BCUT2D eigenvalue weighted by Gasteiger charge is 2.17. The van der Waals surface area contributed by atoms with E-state index >= 15 is 0 Å². The zero-order chi connectivity index (χ0) is 13.0. The standard InChI is InChI=1S/C14H16FNO2/c1-2-11-7-12(9-13(15)8-11)10-14(17)16-3-5-18-6-4-16/h2,7-9H,1,3-6,10H2. The molecule has 1 fully saturated rings. The van der Waals surface area contributed by atoms with Crippen LogP contribution in [-0.4, -0.2) is 37.1 Å². The van der Waals surface area contributed by atoms with Crippen LogP contribution >= 0.6 is 0 Å². The summed E-state index contributed by atoms with van der Waals surface area (Å²) in [6.07, 6.45) is 1.80. The molecular formula is C14H16FNO2. The molecule has 2 rings (SSSR count). The molecule has 1 aromatic carbocycles. The van der Waals surface area contributed by atoms with Crippen LogP contribution in [0.15, 0.2) is 24.8 Å². The fourth-order valence-electron chi connectivity index (χ4n) is 1.99. The smallest absolute Gasteiger partial charge is 0.227 e. The first kappa shape index (κ1) is 12.8. The first-order chi connectivity index (χ1) is 8.69. The van der Waals surface area contributed by atoms with E-state index in [1.54, 1.807) is 17.0 Å². The van der Waals surface area contributed by atoms with E-state index in [0.717, 1.165) is 0 Å². The van der Waals surface area contributed by atoms with Crippen LogP contribution in [-0.2, 0) is 16.0 Å². The summed E-state index contributed by atoms with van der Waals surface area (Å²) in [7, 11) is 0. The number of hydrogen-bond donors (Lipinski definition) is 0. The second-order valence-corrected chi connectivity index (χ2v) is 4.27. The summed E-state index contributed by atoms with van der Waals surface area (Å²) in [4.78, 5) is 13.8. The molecule has 1 aliphatic heterocycles. The van der Waals surface area contributed by atoms with Gasteiger partial charge in [-0.2, -0.15) is 0 Å². The van der Waals surface area contributed by atoms with Gasteiger partial charge in [0, 0.05) is 13.1 Å². The molecule has 0 N–H and O–H groups in total. The molecule has 0 saturated carbocycles. The minimum atomic E-state index is -0.336. The third-order valence-electron chi connectivity index (χ3n) is 2.93. The third kappa shape index (κ3) is 3.17. The number of benzene rings is 1. The van der Waals surface area contributed by atoms with Crippen molar-refractivity contribution in [1.82, 2.24) is 4.90 Å². The molecule has 96 valence electrons. The summed E-state index contributed by atoms with van der Waals surface area (Å²) in [5.41, 5.74) is 1.38. The van der Waals surface area contributed by atoms with Gasteiger partial charge in [0.15, 0.2) is 0 Å². The molecule has 0 unspecified atom stereocenters. The van der Waals surface area contributed by atoms with Gasteiger partial charge in [0.05, 0.1) is 19.6 Å². The van der Waals surface area contributed by atoms with Crippen LogP contribution in [0.3, 0.4) is 0 Å². The largest absolute Gasteiger partial charge is 0.378 e. The van der Waals surface area contributed by atoms with Gasteiger partial charge in [0.1, 0.15) is 5.82 Å². The van der Waals surface area contributed by atoms with Gasteiger partial charge in [-0.15, -0.1) is 0 Å². The number of hydrogen-bond acceptors (Lipinski definition) is 2. The van der Waals surface area contributed by atoms with Gasteiger partial charge in [-0.25, -0.2) is 4.39 Å². The highest BCUT2D eigenvalue weighted by atomic mass is 19.1. The van der Waals surface area contributed by atoms with Gasteiger partial charge in [-0.3, -0.25) is 4.79 Å². The molecule has 0 spiro atoms. The van der Waals surface area contributed by atoms with Crippen molar-refractivity contribution in [3.05, 3.63) is 41.7 Å². The number of carbonyl (C=O) groups excluding carboxylic acids is 1. The first-order valence-corrected chi connectivity index (χ1v) is 5.96. The predicted molar refractivity (Wildman–Crippen MR) is 67.6 cm³/mol. The third-order valence-corrected chi connectivity index (χ3v) is 2.93. The van der Waals surface area contributed by atoms with E-state index < -0.39 is 0 Å². The Labute approximate surface area is 106 Å². The Morgan fingerprint density at radius 3 is 2.78 bits per heavy atom. The molecule has 1 saturated heterocycles. The van der Waals surface area contributed by atoms with Gasteiger partial charge < -0.3 is 9.64 Å². The number of carbonyl (C=O) groups is 1. The average molecular weight is 249 g/mol. The first-order valence-electron chi connectivity index (χ1n) is 5.96. The van der Waals surface area contributed by atoms with Gasteiger partial charge >= 0.3 is 0 Å². The summed E-state index contributed by atoms with van der Waals surface area (Å²) in [5.74, 6) is -0.323. The minimum Gasteiger partial charge on any atom is -0.378 e. The maximum Gasteiger partial charge on any atom is 0.227 e. The summed E-state index contributed by atoms with van der Waals surface area (Å²) in [6, 6.07) is 4.58. The molecule has 18 heavy (non-hydrogen) atoms. The topological polar surface area (TPSA) is 29.5 Å².